The van der Waals surface area contributed by atoms with E-state index in [9.17, 15) is 4.39 Å². The molecule has 82 valence electrons. The van der Waals surface area contributed by atoms with Crippen molar-refractivity contribution >= 4 is 31.9 Å². The summed E-state index contributed by atoms with van der Waals surface area (Å²) in [5, 5.41) is 0. The molecule has 0 amide bonds. The highest BCUT2D eigenvalue weighted by atomic mass is 79.9. The molecular weight excluding hydrogens is 323 g/mol. The second-order valence-electron chi connectivity index (χ2n) is 4.07. The van der Waals surface area contributed by atoms with Gasteiger partial charge in [0.05, 0.1) is 0 Å². The molecule has 0 radical (unpaired) electrons. The van der Waals surface area contributed by atoms with Crippen LogP contribution in [0.1, 0.15) is 37.2 Å². The average Bonchev–Trinajstić information content (AvgIpc) is 2.23. The fourth-order valence-electron chi connectivity index (χ4n) is 2.23. The van der Waals surface area contributed by atoms with Gasteiger partial charge < -0.3 is 0 Å². The van der Waals surface area contributed by atoms with Crippen LogP contribution in [-0.4, -0.2) is 4.83 Å². The van der Waals surface area contributed by atoms with Gasteiger partial charge in [-0.2, -0.15) is 0 Å². The van der Waals surface area contributed by atoms with Crippen LogP contribution < -0.4 is 0 Å². The van der Waals surface area contributed by atoms with Gasteiger partial charge in [0.15, 0.2) is 0 Å². The lowest BCUT2D eigenvalue weighted by Crippen LogP contribution is -2.18. The molecule has 3 heteroatoms. The lowest BCUT2D eigenvalue weighted by molar-refractivity contribution is 0.445. The van der Waals surface area contributed by atoms with Crippen molar-refractivity contribution in [3.8, 4) is 0 Å². The minimum absolute atomic E-state index is 0.0745. The smallest absolute Gasteiger partial charge is 0.126 e. The Morgan fingerprint density at radius 2 is 1.93 bits per heavy atom. The average molecular weight is 336 g/mol. The van der Waals surface area contributed by atoms with Crippen LogP contribution in [0.2, 0.25) is 0 Å². The monoisotopic (exact) mass is 334 g/mol. The van der Waals surface area contributed by atoms with Crippen LogP contribution in [0.25, 0.3) is 0 Å². The third-order valence-electron chi connectivity index (χ3n) is 3.04. The molecule has 0 N–H and O–H groups in total. The first-order chi connectivity index (χ1) is 7.18. The Balaban J connectivity index is 2.30. The summed E-state index contributed by atoms with van der Waals surface area (Å²) < 4.78 is 14.6. The van der Waals surface area contributed by atoms with E-state index in [1.165, 1.54) is 12.8 Å². The third-order valence-corrected chi connectivity index (χ3v) is 4.63. The number of halogens is 3. The van der Waals surface area contributed by atoms with Crippen molar-refractivity contribution in [3.63, 3.8) is 0 Å². The predicted octanol–water partition coefficient (Wildman–Crippen LogP) is 5.01. The van der Waals surface area contributed by atoms with Crippen molar-refractivity contribution in [2.75, 3.05) is 0 Å². The SMILES string of the molecule is Fc1ccc(Br)cc1C1CCCCC1Br. The summed E-state index contributed by atoms with van der Waals surface area (Å²) in [6.07, 6.45) is 4.70. The summed E-state index contributed by atoms with van der Waals surface area (Å²) in [5.41, 5.74) is 0.853. The third kappa shape index (κ3) is 2.62. The van der Waals surface area contributed by atoms with Crippen molar-refractivity contribution in [1.29, 1.82) is 0 Å². The van der Waals surface area contributed by atoms with Crippen LogP contribution in [0.4, 0.5) is 4.39 Å². The summed E-state index contributed by atoms with van der Waals surface area (Å²) in [6, 6.07) is 5.22. The molecule has 2 unspecified atom stereocenters. The first-order valence-corrected chi connectivity index (χ1v) is 6.98. The summed E-state index contributed by atoms with van der Waals surface area (Å²) in [6.45, 7) is 0. The van der Waals surface area contributed by atoms with Gasteiger partial charge in [0, 0.05) is 9.30 Å². The zero-order valence-corrected chi connectivity index (χ0v) is 11.5. The van der Waals surface area contributed by atoms with Gasteiger partial charge in [-0.15, -0.1) is 0 Å². The largest absolute Gasteiger partial charge is 0.207 e. The van der Waals surface area contributed by atoms with Crippen molar-refractivity contribution in [2.24, 2.45) is 0 Å². The molecular formula is C12H13Br2F. The van der Waals surface area contributed by atoms with E-state index in [2.05, 4.69) is 31.9 Å². The van der Waals surface area contributed by atoms with Gasteiger partial charge in [0.1, 0.15) is 5.82 Å². The molecule has 1 fully saturated rings. The Morgan fingerprint density at radius 1 is 1.20 bits per heavy atom. The number of rotatable bonds is 1. The fourth-order valence-corrected chi connectivity index (χ4v) is 3.49. The summed E-state index contributed by atoms with van der Waals surface area (Å²) >= 11 is 7.07. The second kappa shape index (κ2) is 4.96. The van der Waals surface area contributed by atoms with E-state index in [1.807, 2.05) is 6.07 Å². The molecule has 1 aromatic carbocycles. The highest BCUT2D eigenvalue weighted by Crippen LogP contribution is 2.39. The van der Waals surface area contributed by atoms with Gasteiger partial charge in [-0.1, -0.05) is 44.7 Å². The molecule has 0 aliphatic heterocycles. The molecule has 1 aromatic rings. The van der Waals surface area contributed by atoms with Crippen LogP contribution in [0.5, 0.6) is 0 Å². The predicted molar refractivity (Wildman–Crippen MR) is 68.0 cm³/mol. The van der Waals surface area contributed by atoms with Crippen molar-refractivity contribution in [1.82, 2.24) is 0 Å². The van der Waals surface area contributed by atoms with E-state index in [4.69, 9.17) is 0 Å². The molecule has 0 bridgehead atoms. The molecule has 0 heterocycles. The van der Waals surface area contributed by atoms with Crippen LogP contribution in [0.15, 0.2) is 22.7 Å². The van der Waals surface area contributed by atoms with Crippen LogP contribution in [0.3, 0.4) is 0 Å². The Morgan fingerprint density at radius 3 is 2.67 bits per heavy atom. The first-order valence-electron chi connectivity index (χ1n) is 5.27. The van der Waals surface area contributed by atoms with Crippen molar-refractivity contribution in [2.45, 2.75) is 36.4 Å². The van der Waals surface area contributed by atoms with E-state index >= 15 is 0 Å². The lowest BCUT2D eigenvalue weighted by atomic mass is 9.84. The normalized spacial score (nSPS) is 26.6. The van der Waals surface area contributed by atoms with Gasteiger partial charge >= 0.3 is 0 Å². The van der Waals surface area contributed by atoms with Gasteiger partial charge in [-0.05, 0) is 42.5 Å². The lowest BCUT2D eigenvalue weighted by Gasteiger charge is -2.28. The van der Waals surface area contributed by atoms with E-state index in [-0.39, 0.29) is 5.82 Å². The van der Waals surface area contributed by atoms with Crippen molar-refractivity contribution < 1.29 is 4.39 Å². The summed E-state index contributed by atoms with van der Waals surface area (Å²) in [7, 11) is 0. The second-order valence-corrected chi connectivity index (χ2v) is 6.16. The maximum Gasteiger partial charge on any atom is 0.126 e. The van der Waals surface area contributed by atoms with Crippen molar-refractivity contribution in [3.05, 3.63) is 34.1 Å². The molecule has 2 atom stereocenters. The molecule has 1 saturated carbocycles. The molecule has 2 rings (SSSR count). The topological polar surface area (TPSA) is 0 Å². The molecule has 0 spiro atoms. The number of benzene rings is 1. The quantitative estimate of drug-likeness (QED) is 0.633. The summed E-state index contributed by atoms with van der Waals surface area (Å²) in [4.78, 5) is 0.426. The zero-order chi connectivity index (χ0) is 10.8. The molecule has 0 aromatic heterocycles. The first kappa shape index (κ1) is 11.6. The number of hydrogen-bond acceptors (Lipinski definition) is 0. The molecule has 1 aliphatic carbocycles. The van der Waals surface area contributed by atoms with E-state index < -0.39 is 0 Å². The molecule has 0 saturated heterocycles. The van der Waals surface area contributed by atoms with Gasteiger partial charge in [0.25, 0.3) is 0 Å². The Bertz CT molecular complexity index is 351. The Labute approximate surface area is 107 Å². The molecule has 1 aliphatic rings. The van der Waals surface area contributed by atoms with E-state index in [0.717, 1.165) is 22.9 Å². The van der Waals surface area contributed by atoms with Gasteiger partial charge in [0.2, 0.25) is 0 Å². The van der Waals surface area contributed by atoms with Gasteiger partial charge in [-0.25, -0.2) is 4.39 Å². The van der Waals surface area contributed by atoms with Crippen LogP contribution in [-0.2, 0) is 0 Å². The standard InChI is InChI=1S/C12H13Br2F/c13-8-5-6-12(15)10(7-8)9-3-1-2-4-11(9)14/h5-7,9,11H,1-4H2. The molecule has 15 heavy (non-hydrogen) atoms. The Kier molecular flexibility index (Phi) is 3.83. The van der Waals surface area contributed by atoms with Crippen LogP contribution in [0, 0.1) is 5.82 Å². The van der Waals surface area contributed by atoms with E-state index in [0.29, 0.717) is 10.7 Å². The highest BCUT2D eigenvalue weighted by Gasteiger charge is 2.26. The van der Waals surface area contributed by atoms with Crippen LogP contribution >= 0.6 is 31.9 Å². The zero-order valence-electron chi connectivity index (χ0n) is 8.35. The maximum absolute atomic E-state index is 13.7. The fraction of sp³-hybridized carbons (Fsp3) is 0.500. The molecule has 0 nitrogen and oxygen atoms in total. The maximum atomic E-state index is 13.7. The number of hydrogen-bond donors (Lipinski definition) is 0. The number of alkyl halides is 1. The minimum atomic E-state index is -0.0745. The highest BCUT2D eigenvalue weighted by molar-refractivity contribution is 9.10. The summed E-state index contributed by atoms with van der Waals surface area (Å²) in [5.74, 6) is 0.255. The Hall–Kier alpha value is 0.110. The van der Waals surface area contributed by atoms with E-state index in [1.54, 1.807) is 12.1 Å². The minimum Gasteiger partial charge on any atom is -0.207 e. The van der Waals surface area contributed by atoms with Gasteiger partial charge in [-0.3, -0.25) is 0 Å².